The van der Waals surface area contributed by atoms with Crippen molar-refractivity contribution in [2.24, 2.45) is 0 Å². The summed E-state index contributed by atoms with van der Waals surface area (Å²) in [6, 6.07) is 10.8. The first-order chi connectivity index (χ1) is 18.1. The zero-order chi connectivity index (χ0) is 27.3. The first kappa shape index (κ1) is 27.5. The van der Waals surface area contributed by atoms with E-state index in [0.717, 1.165) is 36.4 Å². The van der Waals surface area contributed by atoms with Gasteiger partial charge in [-0.15, -0.1) is 0 Å². The minimum Gasteiger partial charge on any atom is -0.468 e. The van der Waals surface area contributed by atoms with Gasteiger partial charge in [0.15, 0.2) is 12.4 Å². The van der Waals surface area contributed by atoms with Crippen molar-refractivity contribution in [1.29, 1.82) is 0 Å². The number of esters is 1. The molecule has 1 atom stereocenters. The Hall–Kier alpha value is -3.49. The Morgan fingerprint density at radius 1 is 1.26 bits per heavy atom. The Bertz CT molecular complexity index is 1240. The standard InChI is InChI=1S/C24H26F3N5O5S/c1-15(17-5-7-22(28-12-17)35-14-24(25,26)27)32-9-8-16-4-6-19(10-18(16)13-32)31(2)38-37-30-21-11-20(36-29-21)23(33)34-3/h4-7,10-12,15H,8-9,13-14H2,1-3H3,(H,29,30). The number of alkyl halides is 3. The molecule has 3 aromatic rings. The zero-order valence-corrected chi connectivity index (χ0v) is 21.6. The lowest BCUT2D eigenvalue weighted by Gasteiger charge is -2.34. The van der Waals surface area contributed by atoms with Crippen LogP contribution >= 0.6 is 12.2 Å². The zero-order valence-electron chi connectivity index (χ0n) is 20.8. The van der Waals surface area contributed by atoms with Gasteiger partial charge in [-0.05, 0) is 42.2 Å². The minimum atomic E-state index is -4.41. The molecule has 3 heterocycles. The van der Waals surface area contributed by atoms with Crippen LogP contribution in [-0.4, -0.2) is 54.5 Å². The quantitative estimate of drug-likeness (QED) is 0.160. The molecule has 1 aromatic carbocycles. The van der Waals surface area contributed by atoms with Crippen molar-refractivity contribution in [2.45, 2.75) is 32.1 Å². The summed E-state index contributed by atoms with van der Waals surface area (Å²) in [6.45, 7) is 2.20. The number of carbonyl (C=O) groups is 1. The number of hydrogen-bond acceptors (Lipinski definition) is 11. The lowest BCUT2D eigenvalue weighted by Crippen LogP contribution is -2.33. The lowest BCUT2D eigenvalue weighted by atomic mass is 9.97. The summed E-state index contributed by atoms with van der Waals surface area (Å²) in [5.74, 6) is -0.532. The maximum atomic E-state index is 12.4. The molecule has 1 unspecified atom stereocenters. The van der Waals surface area contributed by atoms with E-state index in [1.165, 1.54) is 30.4 Å². The van der Waals surface area contributed by atoms with Crippen LogP contribution < -0.4 is 14.5 Å². The third-order valence-corrected chi connectivity index (χ3v) is 6.55. The fourth-order valence-corrected chi connectivity index (χ4v) is 4.30. The number of fused-ring (bicyclic) bond motifs is 1. The summed E-state index contributed by atoms with van der Waals surface area (Å²) in [5.41, 5.74) is 6.81. The van der Waals surface area contributed by atoms with Gasteiger partial charge in [0.05, 0.1) is 7.11 Å². The first-order valence-electron chi connectivity index (χ1n) is 11.5. The Morgan fingerprint density at radius 3 is 2.79 bits per heavy atom. The topological polar surface area (TPSA) is 102 Å². The number of aromatic nitrogens is 2. The molecule has 0 aliphatic carbocycles. The van der Waals surface area contributed by atoms with Gasteiger partial charge in [-0.1, -0.05) is 17.3 Å². The largest absolute Gasteiger partial charge is 0.468 e. The molecule has 0 radical (unpaired) electrons. The van der Waals surface area contributed by atoms with Crippen LogP contribution in [-0.2, 0) is 22.0 Å². The lowest BCUT2D eigenvalue weighted by molar-refractivity contribution is -0.154. The van der Waals surface area contributed by atoms with Crippen LogP contribution in [0.2, 0.25) is 0 Å². The molecule has 2 aromatic heterocycles. The molecular formula is C24H26F3N5O5S. The smallest absolute Gasteiger partial charge is 0.422 e. The highest BCUT2D eigenvalue weighted by Crippen LogP contribution is 2.31. The molecule has 14 heteroatoms. The van der Waals surface area contributed by atoms with Crippen molar-refractivity contribution in [3.63, 3.8) is 0 Å². The second kappa shape index (κ2) is 11.9. The molecule has 0 amide bonds. The van der Waals surface area contributed by atoms with Gasteiger partial charge < -0.3 is 14.0 Å². The van der Waals surface area contributed by atoms with Crippen LogP contribution in [0.15, 0.2) is 47.1 Å². The number of hydrogen-bond donors (Lipinski definition) is 1. The van der Waals surface area contributed by atoms with Crippen LogP contribution in [0.25, 0.3) is 0 Å². The highest BCUT2D eigenvalue weighted by molar-refractivity contribution is 7.96. The highest BCUT2D eigenvalue weighted by Gasteiger charge is 2.29. The Balaban J connectivity index is 1.32. The van der Waals surface area contributed by atoms with Crippen molar-refractivity contribution in [2.75, 3.05) is 37.1 Å². The number of nitrogens with zero attached hydrogens (tertiary/aromatic N) is 4. The number of methoxy groups -OCH3 is 1. The molecule has 0 spiro atoms. The number of rotatable bonds is 10. The maximum absolute atomic E-state index is 12.4. The van der Waals surface area contributed by atoms with E-state index in [1.54, 1.807) is 12.3 Å². The molecule has 4 rings (SSSR count). The number of nitrogens with one attached hydrogen (secondary N) is 1. The van der Waals surface area contributed by atoms with E-state index in [4.69, 9.17) is 13.5 Å². The summed E-state index contributed by atoms with van der Waals surface area (Å²) in [5, 5.41) is 3.68. The molecule has 0 saturated heterocycles. The molecule has 1 N–H and O–H groups in total. The SMILES string of the molecule is COC(=O)c1cc(NOSN(C)c2ccc3c(c2)CN(C(C)c2ccc(OCC(F)(F)F)nc2)CC3)no1. The van der Waals surface area contributed by atoms with E-state index in [1.807, 2.05) is 24.3 Å². The van der Waals surface area contributed by atoms with E-state index < -0.39 is 18.8 Å². The molecule has 1 aliphatic rings. The van der Waals surface area contributed by atoms with Crippen molar-refractivity contribution in [1.82, 2.24) is 15.0 Å². The van der Waals surface area contributed by atoms with Crippen molar-refractivity contribution in [3.8, 4) is 5.88 Å². The van der Waals surface area contributed by atoms with Crippen LogP contribution in [0, 0.1) is 0 Å². The number of pyridine rings is 1. The predicted octanol–water partition coefficient (Wildman–Crippen LogP) is 4.96. The maximum Gasteiger partial charge on any atom is 0.422 e. The average molecular weight is 554 g/mol. The molecule has 204 valence electrons. The summed E-state index contributed by atoms with van der Waals surface area (Å²) in [7, 11) is 3.08. The van der Waals surface area contributed by atoms with E-state index in [9.17, 15) is 18.0 Å². The third-order valence-electron chi connectivity index (χ3n) is 5.96. The first-order valence-corrected chi connectivity index (χ1v) is 12.2. The van der Waals surface area contributed by atoms with Gasteiger partial charge in [0.25, 0.3) is 0 Å². The fraction of sp³-hybridized carbons (Fsp3) is 0.375. The van der Waals surface area contributed by atoms with E-state index in [-0.39, 0.29) is 23.5 Å². The summed E-state index contributed by atoms with van der Waals surface area (Å²) in [6.07, 6.45) is -1.99. The van der Waals surface area contributed by atoms with E-state index >= 15 is 0 Å². The van der Waals surface area contributed by atoms with Crippen LogP contribution in [0.3, 0.4) is 0 Å². The minimum absolute atomic E-state index is 0.00736. The molecule has 38 heavy (non-hydrogen) atoms. The van der Waals surface area contributed by atoms with Gasteiger partial charge in [-0.3, -0.25) is 9.21 Å². The van der Waals surface area contributed by atoms with E-state index in [2.05, 4.69) is 37.4 Å². The molecule has 0 bridgehead atoms. The summed E-state index contributed by atoms with van der Waals surface area (Å²) >= 11 is 1.03. The second-order valence-corrected chi connectivity index (χ2v) is 9.37. The van der Waals surface area contributed by atoms with Gasteiger partial charge in [-0.2, -0.15) is 17.5 Å². The van der Waals surface area contributed by atoms with Gasteiger partial charge >= 0.3 is 12.1 Å². The molecule has 10 nitrogen and oxygen atoms in total. The van der Waals surface area contributed by atoms with Crippen molar-refractivity contribution >= 4 is 29.7 Å². The average Bonchev–Trinajstić information content (AvgIpc) is 3.39. The van der Waals surface area contributed by atoms with Crippen molar-refractivity contribution in [3.05, 3.63) is 65.0 Å². The number of carbonyl (C=O) groups excluding carboxylic acids is 1. The number of benzene rings is 1. The Morgan fingerprint density at radius 2 is 2.08 bits per heavy atom. The number of ether oxygens (including phenoxy) is 2. The highest BCUT2D eigenvalue weighted by atomic mass is 32.2. The Kier molecular flexibility index (Phi) is 8.64. The monoisotopic (exact) mass is 553 g/mol. The van der Waals surface area contributed by atoms with Crippen molar-refractivity contribution < 1.29 is 36.2 Å². The molecule has 0 saturated carbocycles. The van der Waals surface area contributed by atoms with Gasteiger partial charge in [0.2, 0.25) is 11.6 Å². The molecule has 0 fully saturated rings. The predicted molar refractivity (Wildman–Crippen MR) is 133 cm³/mol. The van der Waals surface area contributed by atoms with Crippen LogP contribution in [0.5, 0.6) is 5.88 Å². The van der Waals surface area contributed by atoms with Gasteiger partial charge in [0.1, 0.15) is 12.2 Å². The van der Waals surface area contributed by atoms with Crippen LogP contribution in [0.4, 0.5) is 24.7 Å². The van der Waals surface area contributed by atoms with Gasteiger partial charge in [0, 0.05) is 50.2 Å². The van der Waals surface area contributed by atoms with Gasteiger partial charge in [-0.25, -0.2) is 15.3 Å². The van der Waals surface area contributed by atoms with Crippen LogP contribution in [0.1, 0.15) is 40.2 Å². The Labute approximate surface area is 221 Å². The summed E-state index contributed by atoms with van der Waals surface area (Å²) in [4.78, 5) is 17.8. The van der Waals surface area contributed by atoms with E-state index in [0.29, 0.717) is 6.54 Å². The molecule has 1 aliphatic heterocycles. The third kappa shape index (κ3) is 7.08. The number of halogens is 3. The second-order valence-electron chi connectivity index (χ2n) is 8.51. The molecular weight excluding hydrogens is 527 g/mol. The fourth-order valence-electron chi connectivity index (χ4n) is 3.86. The summed E-state index contributed by atoms with van der Waals surface area (Å²) < 4.78 is 58.4. The normalized spacial score (nSPS) is 14.5. The number of anilines is 2.